The lowest BCUT2D eigenvalue weighted by atomic mass is 9.90. The molecule has 1 aromatic carbocycles. The number of nitrogens with one attached hydrogen (secondary N) is 1. The number of carbonyl (C=O) groups excluding carboxylic acids is 2. The third-order valence-corrected chi connectivity index (χ3v) is 7.23. The average Bonchev–Trinajstić information content (AvgIpc) is 2.63. The molecule has 1 aromatic rings. The van der Waals surface area contributed by atoms with Crippen LogP contribution < -0.4 is 10.2 Å². The monoisotopic (exact) mass is 421 g/mol. The molecule has 1 aliphatic heterocycles. The molecule has 0 spiro atoms. The van der Waals surface area contributed by atoms with Gasteiger partial charge in [-0.2, -0.15) is 4.31 Å². The summed E-state index contributed by atoms with van der Waals surface area (Å²) in [6.45, 7) is 5.20. The van der Waals surface area contributed by atoms with Crippen LogP contribution in [0.1, 0.15) is 50.2 Å². The van der Waals surface area contributed by atoms with Crippen LogP contribution in [0.5, 0.6) is 0 Å². The second kappa shape index (κ2) is 8.07. The Bertz CT molecular complexity index is 909. The number of piperazine rings is 1. The number of anilines is 1. The molecule has 2 fully saturated rings. The molecule has 0 radical (unpaired) electrons. The number of sulfonamides is 1. The number of rotatable bonds is 4. The molecule has 8 heteroatoms. The fourth-order valence-electron chi connectivity index (χ4n) is 4.42. The molecular weight excluding hydrogens is 390 g/mol. The summed E-state index contributed by atoms with van der Waals surface area (Å²) in [5, 5.41) is 3.10. The minimum absolute atomic E-state index is 0.0660. The van der Waals surface area contributed by atoms with Gasteiger partial charge in [0.25, 0.3) is 0 Å². The van der Waals surface area contributed by atoms with Crippen molar-refractivity contribution in [3.8, 4) is 0 Å². The van der Waals surface area contributed by atoms with Crippen LogP contribution in [0.4, 0.5) is 5.69 Å². The number of benzene rings is 1. The number of amides is 2. The average molecular weight is 422 g/mol. The van der Waals surface area contributed by atoms with Crippen LogP contribution in [-0.2, 0) is 19.6 Å². The van der Waals surface area contributed by atoms with E-state index in [1.165, 1.54) is 11.3 Å². The molecule has 1 aliphatic carbocycles. The van der Waals surface area contributed by atoms with Crippen molar-refractivity contribution in [3.63, 3.8) is 0 Å². The topological polar surface area (TPSA) is 86.8 Å². The van der Waals surface area contributed by atoms with Crippen molar-refractivity contribution in [2.75, 3.05) is 24.2 Å². The molecule has 2 aliphatic rings. The minimum atomic E-state index is -3.61. The van der Waals surface area contributed by atoms with Crippen molar-refractivity contribution in [2.45, 2.75) is 64.5 Å². The first-order chi connectivity index (χ1) is 13.5. The predicted octanol–water partition coefficient (Wildman–Crippen LogP) is 2.12. The van der Waals surface area contributed by atoms with Gasteiger partial charge in [0.15, 0.2) is 0 Å². The number of nitrogens with zero attached hydrogens (tertiary/aromatic N) is 2. The minimum Gasteiger partial charge on any atom is -0.351 e. The van der Waals surface area contributed by atoms with Gasteiger partial charge in [0.2, 0.25) is 21.8 Å². The van der Waals surface area contributed by atoms with Gasteiger partial charge >= 0.3 is 0 Å². The third-order valence-electron chi connectivity index (χ3n) is 6.03. The van der Waals surface area contributed by atoms with E-state index in [4.69, 9.17) is 0 Å². The highest BCUT2D eigenvalue weighted by atomic mass is 32.2. The van der Waals surface area contributed by atoms with E-state index >= 15 is 0 Å². The largest absolute Gasteiger partial charge is 0.351 e. The first-order valence-corrected chi connectivity index (χ1v) is 12.0. The van der Waals surface area contributed by atoms with E-state index in [0.717, 1.165) is 47.4 Å². The van der Waals surface area contributed by atoms with Crippen molar-refractivity contribution < 1.29 is 18.0 Å². The first kappa shape index (κ1) is 21.8. The maximum atomic E-state index is 13.4. The molecule has 1 atom stereocenters. The SMILES string of the molecule is Cc1ccc(N2C(=O)CN(S(C)(=O)=O)CC2(C)C(=O)NC2CCCCC2)c(C)c1. The van der Waals surface area contributed by atoms with E-state index in [1.54, 1.807) is 6.92 Å². The lowest BCUT2D eigenvalue weighted by molar-refractivity contribution is -0.133. The summed E-state index contributed by atoms with van der Waals surface area (Å²) >= 11 is 0. The highest BCUT2D eigenvalue weighted by Gasteiger charge is 2.50. The molecule has 2 amide bonds. The lowest BCUT2D eigenvalue weighted by Gasteiger charge is -2.47. The molecule has 1 saturated carbocycles. The standard InChI is InChI=1S/C21H31N3O4S/c1-15-10-11-18(16(2)12-15)24-19(25)13-23(29(4,27)28)14-21(24,3)20(26)22-17-8-6-5-7-9-17/h10-12,17H,5-9,13-14H2,1-4H3,(H,22,26). The Labute approximate surface area is 173 Å². The summed E-state index contributed by atoms with van der Waals surface area (Å²) in [4.78, 5) is 28.1. The van der Waals surface area contributed by atoms with E-state index in [9.17, 15) is 18.0 Å². The Morgan fingerprint density at radius 3 is 2.41 bits per heavy atom. The number of carbonyl (C=O) groups is 2. The van der Waals surface area contributed by atoms with Gasteiger partial charge in [0.1, 0.15) is 5.54 Å². The van der Waals surface area contributed by atoms with Gasteiger partial charge in [0.05, 0.1) is 12.8 Å². The Morgan fingerprint density at radius 1 is 1.17 bits per heavy atom. The summed E-state index contributed by atoms with van der Waals surface area (Å²) in [7, 11) is -3.61. The second-order valence-corrected chi connectivity index (χ2v) is 10.6. The molecule has 0 bridgehead atoms. The summed E-state index contributed by atoms with van der Waals surface area (Å²) in [6.07, 6.45) is 6.20. The molecule has 1 N–H and O–H groups in total. The Morgan fingerprint density at radius 2 is 1.83 bits per heavy atom. The van der Waals surface area contributed by atoms with Gasteiger partial charge in [0, 0.05) is 18.3 Å². The van der Waals surface area contributed by atoms with E-state index in [2.05, 4.69) is 5.32 Å². The maximum absolute atomic E-state index is 13.4. The highest BCUT2D eigenvalue weighted by Crippen LogP contribution is 2.33. The van der Waals surface area contributed by atoms with Crippen molar-refractivity contribution in [2.24, 2.45) is 0 Å². The predicted molar refractivity (Wildman–Crippen MR) is 113 cm³/mol. The number of hydrogen-bond acceptors (Lipinski definition) is 4. The fraction of sp³-hybridized carbons (Fsp3) is 0.619. The Hall–Kier alpha value is -1.93. The van der Waals surface area contributed by atoms with E-state index < -0.39 is 21.5 Å². The van der Waals surface area contributed by atoms with Crippen LogP contribution in [0.15, 0.2) is 18.2 Å². The summed E-state index contributed by atoms with van der Waals surface area (Å²) in [6, 6.07) is 5.77. The summed E-state index contributed by atoms with van der Waals surface area (Å²) in [5.74, 6) is -0.694. The van der Waals surface area contributed by atoms with Gasteiger partial charge in [-0.3, -0.25) is 14.5 Å². The van der Waals surface area contributed by atoms with Crippen LogP contribution in [0.25, 0.3) is 0 Å². The first-order valence-electron chi connectivity index (χ1n) is 10.2. The van der Waals surface area contributed by atoms with Crippen molar-refractivity contribution in [3.05, 3.63) is 29.3 Å². The molecule has 1 heterocycles. The van der Waals surface area contributed by atoms with Crippen LogP contribution in [0, 0.1) is 13.8 Å². The van der Waals surface area contributed by atoms with Gasteiger partial charge in [-0.1, -0.05) is 37.0 Å². The second-order valence-electron chi connectivity index (χ2n) is 8.63. The third kappa shape index (κ3) is 4.48. The van der Waals surface area contributed by atoms with E-state index in [0.29, 0.717) is 5.69 Å². The Balaban J connectivity index is 2.01. The zero-order valence-corrected chi connectivity index (χ0v) is 18.5. The lowest BCUT2D eigenvalue weighted by Crippen LogP contribution is -2.70. The van der Waals surface area contributed by atoms with Crippen LogP contribution >= 0.6 is 0 Å². The van der Waals surface area contributed by atoms with Gasteiger partial charge in [-0.25, -0.2) is 8.42 Å². The molecular formula is C21H31N3O4S. The highest BCUT2D eigenvalue weighted by molar-refractivity contribution is 7.88. The zero-order valence-electron chi connectivity index (χ0n) is 17.7. The molecule has 0 aromatic heterocycles. The van der Waals surface area contributed by atoms with Crippen LogP contribution in [-0.4, -0.2) is 55.5 Å². The van der Waals surface area contributed by atoms with E-state index in [-0.39, 0.29) is 25.0 Å². The molecule has 29 heavy (non-hydrogen) atoms. The fourth-order valence-corrected chi connectivity index (χ4v) is 5.25. The van der Waals surface area contributed by atoms with Gasteiger partial charge < -0.3 is 5.32 Å². The van der Waals surface area contributed by atoms with Gasteiger partial charge in [-0.15, -0.1) is 0 Å². The van der Waals surface area contributed by atoms with Crippen molar-refractivity contribution in [1.82, 2.24) is 9.62 Å². The molecule has 3 rings (SSSR count). The Kier molecular flexibility index (Phi) is 6.06. The molecule has 160 valence electrons. The zero-order chi connectivity index (χ0) is 21.4. The number of hydrogen-bond donors (Lipinski definition) is 1. The summed E-state index contributed by atoms with van der Waals surface area (Å²) in [5.41, 5.74) is 1.26. The summed E-state index contributed by atoms with van der Waals surface area (Å²) < 4.78 is 25.5. The van der Waals surface area contributed by atoms with Crippen LogP contribution in [0.3, 0.4) is 0 Å². The number of aryl methyl sites for hydroxylation is 2. The van der Waals surface area contributed by atoms with E-state index in [1.807, 2.05) is 32.0 Å². The molecule has 7 nitrogen and oxygen atoms in total. The van der Waals surface area contributed by atoms with Crippen LogP contribution in [0.2, 0.25) is 0 Å². The maximum Gasteiger partial charge on any atom is 0.247 e. The van der Waals surface area contributed by atoms with Crippen molar-refractivity contribution >= 4 is 27.5 Å². The van der Waals surface area contributed by atoms with Crippen molar-refractivity contribution in [1.29, 1.82) is 0 Å². The quantitative estimate of drug-likeness (QED) is 0.807. The normalized spacial score (nSPS) is 24.6. The van der Waals surface area contributed by atoms with Gasteiger partial charge in [-0.05, 0) is 45.2 Å². The molecule has 1 unspecified atom stereocenters. The molecule has 1 saturated heterocycles. The smallest absolute Gasteiger partial charge is 0.247 e.